The predicted molar refractivity (Wildman–Crippen MR) is 75.2 cm³/mol. The van der Waals surface area contributed by atoms with Crippen LogP contribution in [0, 0.1) is 0 Å². The van der Waals surface area contributed by atoms with Gasteiger partial charge in [-0.1, -0.05) is 34.1 Å². The summed E-state index contributed by atoms with van der Waals surface area (Å²) in [5.74, 6) is 1.66. The minimum Gasteiger partial charge on any atom is -0.493 e. The normalized spacial score (nSPS) is 20.5. The maximum absolute atomic E-state index is 5.67. The van der Waals surface area contributed by atoms with Gasteiger partial charge in [0.15, 0.2) is 0 Å². The molecule has 1 aromatic carbocycles. The SMILES string of the molecule is CC(CCBr)NCC1CCOc2ccccc21. The lowest BCUT2D eigenvalue weighted by molar-refractivity contribution is 0.262. The topological polar surface area (TPSA) is 21.3 Å². The third kappa shape index (κ3) is 3.46. The number of fused-ring (bicyclic) bond motifs is 1. The molecule has 3 heteroatoms. The summed E-state index contributed by atoms with van der Waals surface area (Å²) in [6, 6.07) is 8.98. The van der Waals surface area contributed by atoms with Crippen LogP contribution in [0.25, 0.3) is 0 Å². The van der Waals surface area contributed by atoms with Gasteiger partial charge in [0, 0.05) is 23.8 Å². The van der Waals surface area contributed by atoms with Crippen LogP contribution in [-0.2, 0) is 0 Å². The van der Waals surface area contributed by atoms with Gasteiger partial charge in [0.05, 0.1) is 6.61 Å². The van der Waals surface area contributed by atoms with Gasteiger partial charge in [0.1, 0.15) is 5.75 Å². The van der Waals surface area contributed by atoms with E-state index in [0.717, 1.165) is 30.7 Å². The molecule has 0 aromatic heterocycles. The highest BCUT2D eigenvalue weighted by Gasteiger charge is 2.20. The number of ether oxygens (including phenoxy) is 1. The smallest absolute Gasteiger partial charge is 0.122 e. The molecule has 0 fully saturated rings. The molecule has 2 unspecified atom stereocenters. The van der Waals surface area contributed by atoms with Crippen molar-refractivity contribution in [1.29, 1.82) is 0 Å². The number of alkyl halides is 1. The summed E-state index contributed by atoms with van der Waals surface area (Å²) in [6.45, 7) is 4.14. The van der Waals surface area contributed by atoms with E-state index in [0.29, 0.717) is 12.0 Å². The van der Waals surface area contributed by atoms with Crippen LogP contribution in [0.2, 0.25) is 0 Å². The Morgan fingerprint density at radius 2 is 2.29 bits per heavy atom. The third-order valence-corrected chi connectivity index (χ3v) is 3.80. The third-order valence-electron chi connectivity index (χ3n) is 3.34. The molecule has 1 aliphatic heterocycles. The van der Waals surface area contributed by atoms with Crippen LogP contribution in [0.5, 0.6) is 5.75 Å². The molecule has 2 rings (SSSR count). The molecule has 0 bridgehead atoms. The molecule has 2 atom stereocenters. The first-order valence-corrected chi connectivity index (χ1v) is 7.44. The van der Waals surface area contributed by atoms with Crippen LogP contribution >= 0.6 is 15.9 Å². The summed E-state index contributed by atoms with van der Waals surface area (Å²) in [5.41, 5.74) is 1.36. The van der Waals surface area contributed by atoms with Crippen molar-refractivity contribution in [1.82, 2.24) is 5.32 Å². The van der Waals surface area contributed by atoms with Crippen molar-refractivity contribution in [3.8, 4) is 5.75 Å². The number of nitrogens with one attached hydrogen (secondary N) is 1. The van der Waals surface area contributed by atoms with Crippen LogP contribution in [0.1, 0.15) is 31.2 Å². The first kappa shape index (κ1) is 12.9. The molecule has 0 saturated heterocycles. The number of benzene rings is 1. The summed E-state index contributed by atoms with van der Waals surface area (Å²) in [7, 11) is 0. The maximum Gasteiger partial charge on any atom is 0.122 e. The van der Waals surface area contributed by atoms with E-state index in [1.54, 1.807) is 0 Å². The molecule has 0 radical (unpaired) electrons. The fourth-order valence-electron chi connectivity index (χ4n) is 2.24. The molecule has 2 nitrogen and oxygen atoms in total. The number of hydrogen-bond donors (Lipinski definition) is 1. The van der Waals surface area contributed by atoms with Gasteiger partial charge in [-0.3, -0.25) is 0 Å². The fraction of sp³-hybridized carbons (Fsp3) is 0.571. The highest BCUT2D eigenvalue weighted by atomic mass is 79.9. The van der Waals surface area contributed by atoms with Crippen molar-refractivity contribution in [3.63, 3.8) is 0 Å². The van der Waals surface area contributed by atoms with Crippen LogP contribution in [-0.4, -0.2) is 24.5 Å². The van der Waals surface area contributed by atoms with E-state index in [4.69, 9.17) is 4.74 Å². The second-order valence-electron chi connectivity index (χ2n) is 4.66. The Morgan fingerprint density at radius 3 is 3.12 bits per heavy atom. The summed E-state index contributed by atoms with van der Waals surface area (Å²) >= 11 is 3.48. The average molecular weight is 298 g/mol. The molecule has 1 aromatic rings. The Hall–Kier alpha value is -0.540. The molecule has 1 heterocycles. The first-order valence-electron chi connectivity index (χ1n) is 6.32. The van der Waals surface area contributed by atoms with Gasteiger partial charge in [-0.25, -0.2) is 0 Å². The van der Waals surface area contributed by atoms with Crippen LogP contribution in [0.3, 0.4) is 0 Å². The monoisotopic (exact) mass is 297 g/mol. The van der Waals surface area contributed by atoms with Gasteiger partial charge in [-0.2, -0.15) is 0 Å². The highest BCUT2D eigenvalue weighted by Crippen LogP contribution is 2.32. The highest BCUT2D eigenvalue weighted by molar-refractivity contribution is 9.09. The fourth-order valence-corrected chi connectivity index (χ4v) is 2.92. The lowest BCUT2D eigenvalue weighted by atomic mass is 9.93. The minimum atomic E-state index is 0.574. The van der Waals surface area contributed by atoms with Gasteiger partial charge in [-0.05, 0) is 31.4 Å². The molecule has 0 spiro atoms. The Labute approximate surface area is 112 Å². The summed E-state index contributed by atoms with van der Waals surface area (Å²) in [6.07, 6.45) is 2.29. The van der Waals surface area contributed by atoms with Crippen molar-refractivity contribution in [2.24, 2.45) is 0 Å². The molecule has 0 amide bonds. The summed E-state index contributed by atoms with van der Waals surface area (Å²) in [4.78, 5) is 0. The molecule has 1 aliphatic rings. The maximum atomic E-state index is 5.67. The van der Waals surface area contributed by atoms with E-state index in [1.807, 2.05) is 6.07 Å². The summed E-state index contributed by atoms with van der Waals surface area (Å²) in [5, 5.41) is 4.67. The van der Waals surface area contributed by atoms with Crippen molar-refractivity contribution >= 4 is 15.9 Å². The van der Waals surface area contributed by atoms with E-state index in [1.165, 1.54) is 12.0 Å². The standard InChI is InChI=1S/C14H20BrNO/c1-11(6-8-15)16-10-12-7-9-17-14-5-3-2-4-13(12)14/h2-5,11-12,16H,6-10H2,1H3. The Balaban J connectivity index is 1.94. The Kier molecular flexibility index (Phi) is 4.86. The number of para-hydroxylation sites is 1. The van der Waals surface area contributed by atoms with Crippen molar-refractivity contribution in [3.05, 3.63) is 29.8 Å². The largest absolute Gasteiger partial charge is 0.493 e. The van der Waals surface area contributed by atoms with Crippen molar-refractivity contribution < 1.29 is 4.74 Å². The van der Waals surface area contributed by atoms with E-state index >= 15 is 0 Å². The van der Waals surface area contributed by atoms with Gasteiger partial charge in [0.25, 0.3) is 0 Å². The molecule has 17 heavy (non-hydrogen) atoms. The predicted octanol–water partition coefficient (Wildman–Crippen LogP) is 3.32. The zero-order valence-electron chi connectivity index (χ0n) is 10.3. The molecule has 0 aliphatic carbocycles. The number of hydrogen-bond acceptors (Lipinski definition) is 2. The van der Waals surface area contributed by atoms with E-state index in [2.05, 4.69) is 46.4 Å². The number of halogens is 1. The van der Waals surface area contributed by atoms with Crippen molar-refractivity contribution in [2.45, 2.75) is 31.7 Å². The summed E-state index contributed by atoms with van der Waals surface area (Å²) < 4.78 is 5.67. The van der Waals surface area contributed by atoms with Gasteiger partial charge in [-0.15, -0.1) is 0 Å². The number of rotatable bonds is 5. The van der Waals surface area contributed by atoms with E-state index in [9.17, 15) is 0 Å². The van der Waals surface area contributed by atoms with Crippen LogP contribution in [0.4, 0.5) is 0 Å². The molecular formula is C14H20BrNO. The van der Waals surface area contributed by atoms with Gasteiger partial charge < -0.3 is 10.1 Å². The second-order valence-corrected chi connectivity index (χ2v) is 5.45. The first-order chi connectivity index (χ1) is 8.31. The molecule has 1 N–H and O–H groups in total. The van der Waals surface area contributed by atoms with Crippen LogP contribution in [0.15, 0.2) is 24.3 Å². The van der Waals surface area contributed by atoms with E-state index in [-0.39, 0.29) is 0 Å². The van der Waals surface area contributed by atoms with E-state index < -0.39 is 0 Å². The minimum absolute atomic E-state index is 0.574. The molecular weight excluding hydrogens is 278 g/mol. The Bertz CT molecular complexity index is 356. The van der Waals surface area contributed by atoms with Gasteiger partial charge in [0.2, 0.25) is 0 Å². The average Bonchev–Trinajstić information content (AvgIpc) is 2.36. The lowest BCUT2D eigenvalue weighted by Gasteiger charge is -2.27. The van der Waals surface area contributed by atoms with Crippen molar-refractivity contribution in [2.75, 3.05) is 18.5 Å². The lowest BCUT2D eigenvalue weighted by Crippen LogP contribution is -2.32. The zero-order valence-corrected chi connectivity index (χ0v) is 11.9. The zero-order chi connectivity index (χ0) is 12.1. The van der Waals surface area contributed by atoms with Crippen LogP contribution < -0.4 is 10.1 Å². The van der Waals surface area contributed by atoms with Gasteiger partial charge >= 0.3 is 0 Å². The quantitative estimate of drug-likeness (QED) is 0.842. The second kappa shape index (κ2) is 6.41. The molecule has 0 saturated carbocycles. The molecule has 94 valence electrons. The Morgan fingerprint density at radius 1 is 1.47 bits per heavy atom.